The molecule has 0 amide bonds. The van der Waals surface area contributed by atoms with Crippen LogP contribution in [0.15, 0.2) is 70.2 Å². The number of carboxylic acid groups (broad SMARTS) is 2. The number of aromatic nitrogens is 1. The SMILES string of the molecule is O=C(O)c1ccc(Cn2cc(C=Nc3ccc(Cl)c(C(=O)O)c3)c3ccccc32)o1. The van der Waals surface area contributed by atoms with Gasteiger partial charge in [-0.25, -0.2) is 9.59 Å². The van der Waals surface area contributed by atoms with Crippen LogP contribution in [-0.4, -0.2) is 32.9 Å². The first-order valence-corrected chi connectivity index (χ1v) is 9.27. The Kier molecular flexibility index (Phi) is 5.12. The zero-order chi connectivity index (χ0) is 21.3. The zero-order valence-electron chi connectivity index (χ0n) is 15.4. The Hall–Kier alpha value is -3.84. The van der Waals surface area contributed by atoms with E-state index in [1.165, 1.54) is 18.2 Å². The van der Waals surface area contributed by atoms with Crippen molar-refractivity contribution in [3.8, 4) is 0 Å². The molecule has 0 fully saturated rings. The number of carboxylic acids is 2. The highest BCUT2D eigenvalue weighted by molar-refractivity contribution is 6.33. The molecule has 150 valence electrons. The van der Waals surface area contributed by atoms with Crippen molar-refractivity contribution in [3.63, 3.8) is 0 Å². The number of furan rings is 1. The third kappa shape index (κ3) is 3.83. The van der Waals surface area contributed by atoms with Crippen LogP contribution in [0.2, 0.25) is 5.02 Å². The predicted molar refractivity (Wildman–Crippen MR) is 112 cm³/mol. The van der Waals surface area contributed by atoms with Crippen LogP contribution in [0.4, 0.5) is 5.69 Å². The molecule has 2 aromatic carbocycles. The highest BCUT2D eigenvalue weighted by Crippen LogP contribution is 2.25. The fourth-order valence-electron chi connectivity index (χ4n) is 3.16. The molecule has 30 heavy (non-hydrogen) atoms. The molecule has 7 nitrogen and oxygen atoms in total. The van der Waals surface area contributed by atoms with Crippen molar-refractivity contribution < 1.29 is 24.2 Å². The molecule has 0 spiro atoms. The van der Waals surface area contributed by atoms with Crippen molar-refractivity contribution >= 4 is 46.3 Å². The second kappa shape index (κ2) is 7.88. The molecule has 4 aromatic rings. The summed E-state index contributed by atoms with van der Waals surface area (Å²) in [6.45, 7) is 0.353. The number of hydrogen-bond acceptors (Lipinski definition) is 4. The van der Waals surface area contributed by atoms with Crippen LogP contribution in [0.5, 0.6) is 0 Å². The van der Waals surface area contributed by atoms with Crippen molar-refractivity contribution in [2.45, 2.75) is 6.54 Å². The van der Waals surface area contributed by atoms with Gasteiger partial charge >= 0.3 is 11.9 Å². The normalized spacial score (nSPS) is 11.4. The first-order chi connectivity index (χ1) is 14.4. The van der Waals surface area contributed by atoms with Gasteiger partial charge in [0.05, 0.1) is 22.8 Å². The predicted octanol–water partition coefficient (Wildman–Crippen LogP) is 5.08. The van der Waals surface area contributed by atoms with Crippen molar-refractivity contribution in [1.82, 2.24) is 4.57 Å². The Labute approximate surface area is 175 Å². The fourth-order valence-corrected chi connectivity index (χ4v) is 3.35. The Bertz CT molecular complexity index is 1300. The topological polar surface area (TPSA) is 105 Å². The maximum Gasteiger partial charge on any atom is 0.371 e. The quantitative estimate of drug-likeness (QED) is 0.421. The van der Waals surface area contributed by atoms with Gasteiger partial charge in [-0.15, -0.1) is 0 Å². The van der Waals surface area contributed by atoms with Crippen molar-refractivity contribution in [3.05, 3.63) is 88.5 Å². The first-order valence-electron chi connectivity index (χ1n) is 8.89. The van der Waals surface area contributed by atoms with Gasteiger partial charge in [-0.3, -0.25) is 4.99 Å². The maximum absolute atomic E-state index is 11.3. The average Bonchev–Trinajstić information content (AvgIpc) is 3.33. The first kappa shape index (κ1) is 19.5. The average molecular weight is 423 g/mol. The third-order valence-corrected chi connectivity index (χ3v) is 4.88. The van der Waals surface area contributed by atoms with E-state index in [4.69, 9.17) is 21.1 Å². The molecular formula is C22H15ClN2O5. The van der Waals surface area contributed by atoms with Gasteiger partial charge in [-0.2, -0.15) is 0 Å². The van der Waals surface area contributed by atoms with Gasteiger partial charge in [0.15, 0.2) is 0 Å². The summed E-state index contributed by atoms with van der Waals surface area (Å²) in [6, 6.07) is 15.3. The molecule has 0 saturated heterocycles. The third-order valence-electron chi connectivity index (χ3n) is 4.55. The van der Waals surface area contributed by atoms with Crippen LogP contribution in [0.1, 0.15) is 32.2 Å². The number of halogens is 1. The van der Waals surface area contributed by atoms with Crippen molar-refractivity contribution in [1.29, 1.82) is 0 Å². The van der Waals surface area contributed by atoms with Gasteiger partial charge in [-0.05, 0) is 36.4 Å². The molecule has 2 heterocycles. The van der Waals surface area contributed by atoms with Crippen LogP contribution >= 0.6 is 11.6 Å². The lowest BCUT2D eigenvalue weighted by Crippen LogP contribution is -1.97. The Morgan fingerprint density at radius 2 is 1.87 bits per heavy atom. The molecule has 0 saturated carbocycles. The molecule has 0 atom stereocenters. The number of hydrogen-bond donors (Lipinski definition) is 2. The molecule has 0 aliphatic carbocycles. The Morgan fingerprint density at radius 3 is 2.60 bits per heavy atom. The fraction of sp³-hybridized carbons (Fsp3) is 0.0455. The summed E-state index contributed by atoms with van der Waals surface area (Å²) in [6.07, 6.45) is 3.53. The van der Waals surface area contributed by atoms with Crippen LogP contribution in [-0.2, 0) is 6.54 Å². The molecule has 2 aromatic heterocycles. The highest BCUT2D eigenvalue weighted by atomic mass is 35.5. The summed E-state index contributed by atoms with van der Waals surface area (Å²) < 4.78 is 7.30. The van der Waals surface area contributed by atoms with E-state index in [1.807, 2.05) is 35.0 Å². The molecular weight excluding hydrogens is 408 g/mol. The lowest BCUT2D eigenvalue weighted by Gasteiger charge is -2.02. The van der Waals surface area contributed by atoms with Crippen LogP contribution in [0.3, 0.4) is 0 Å². The number of benzene rings is 2. The van der Waals surface area contributed by atoms with Gasteiger partial charge in [0, 0.05) is 28.9 Å². The second-order valence-corrected chi connectivity index (χ2v) is 6.94. The molecule has 0 radical (unpaired) electrons. The number of carbonyl (C=O) groups is 2. The monoisotopic (exact) mass is 422 g/mol. The Balaban J connectivity index is 1.68. The molecule has 0 unspecified atom stereocenters. The number of aliphatic imine (C=N–C) groups is 1. The molecule has 8 heteroatoms. The second-order valence-electron chi connectivity index (χ2n) is 6.53. The van der Waals surface area contributed by atoms with E-state index in [0.717, 1.165) is 16.5 Å². The van der Waals surface area contributed by atoms with E-state index < -0.39 is 11.9 Å². The van der Waals surface area contributed by atoms with E-state index in [2.05, 4.69) is 4.99 Å². The lowest BCUT2D eigenvalue weighted by molar-refractivity contribution is 0.0657. The standard InChI is InChI=1S/C22H15ClN2O5/c23-18-7-5-14(9-17(18)21(26)27)24-10-13-11-25(19-4-2-1-3-16(13)19)12-15-6-8-20(30-15)22(28)29/h1-11H,12H2,(H,26,27)(H,28,29). The van der Waals surface area contributed by atoms with Crippen LogP contribution in [0.25, 0.3) is 10.9 Å². The smallest absolute Gasteiger partial charge is 0.371 e. The summed E-state index contributed by atoms with van der Waals surface area (Å²) in [5.41, 5.74) is 2.20. The van der Waals surface area contributed by atoms with Crippen LogP contribution in [0, 0.1) is 0 Å². The Morgan fingerprint density at radius 1 is 1.07 bits per heavy atom. The molecule has 0 bridgehead atoms. The summed E-state index contributed by atoms with van der Waals surface area (Å²) in [5.74, 6) is -1.83. The largest absolute Gasteiger partial charge is 0.478 e. The molecule has 2 N–H and O–H groups in total. The summed E-state index contributed by atoms with van der Waals surface area (Å²) >= 11 is 5.91. The lowest BCUT2D eigenvalue weighted by atomic mass is 10.2. The van der Waals surface area contributed by atoms with E-state index >= 15 is 0 Å². The van der Waals surface area contributed by atoms with Crippen LogP contribution < -0.4 is 0 Å². The molecule has 4 rings (SSSR count). The van der Waals surface area contributed by atoms with E-state index in [9.17, 15) is 14.7 Å². The van der Waals surface area contributed by atoms with Gasteiger partial charge in [0.25, 0.3) is 0 Å². The molecule has 0 aliphatic rings. The van der Waals surface area contributed by atoms with Gasteiger partial charge in [-0.1, -0.05) is 29.8 Å². The van der Waals surface area contributed by atoms with E-state index in [0.29, 0.717) is 18.0 Å². The molecule has 0 aliphatic heterocycles. The number of fused-ring (bicyclic) bond motifs is 1. The van der Waals surface area contributed by atoms with Crippen molar-refractivity contribution in [2.75, 3.05) is 0 Å². The van der Waals surface area contributed by atoms with Gasteiger partial charge in [0.2, 0.25) is 5.76 Å². The number of nitrogens with zero attached hydrogens (tertiary/aromatic N) is 2. The number of para-hydroxylation sites is 1. The van der Waals surface area contributed by atoms with E-state index in [-0.39, 0.29) is 16.3 Å². The van der Waals surface area contributed by atoms with Crippen molar-refractivity contribution in [2.24, 2.45) is 4.99 Å². The van der Waals surface area contributed by atoms with Gasteiger partial charge in [0.1, 0.15) is 5.76 Å². The highest BCUT2D eigenvalue weighted by Gasteiger charge is 2.12. The number of aromatic carboxylic acids is 2. The minimum atomic E-state index is -1.12. The number of rotatable bonds is 6. The summed E-state index contributed by atoms with van der Waals surface area (Å²) in [7, 11) is 0. The minimum absolute atomic E-state index is 0.0131. The van der Waals surface area contributed by atoms with E-state index in [1.54, 1.807) is 18.3 Å². The summed E-state index contributed by atoms with van der Waals surface area (Å²) in [4.78, 5) is 26.7. The maximum atomic E-state index is 11.3. The van der Waals surface area contributed by atoms with Gasteiger partial charge < -0.3 is 19.2 Å². The zero-order valence-corrected chi connectivity index (χ0v) is 16.2. The summed E-state index contributed by atoms with van der Waals surface area (Å²) in [5, 5.41) is 19.3. The minimum Gasteiger partial charge on any atom is -0.478 e.